The summed E-state index contributed by atoms with van der Waals surface area (Å²) in [4.78, 5) is 77.3. The third-order valence-electron chi connectivity index (χ3n) is 15.5. The summed E-state index contributed by atoms with van der Waals surface area (Å²) >= 11 is 5.62. The number of aliphatic hydroxyl groups excluding tert-OH is 5. The van der Waals surface area contributed by atoms with E-state index < -0.39 is 5.41 Å². The van der Waals surface area contributed by atoms with E-state index in [1.54, 1.807) is 49.4 Å². The smallest absolute Gasteiger partial charge is 0.164 e. The molecule has 26 heteroatoms. The number of halogens is 1. The molecule has 0 aliphatic heterocycles. The molecule has 0 spiro atoms. The van der Waals surface area contributed by atoms with Crippen molar-refractivity contribution in [2.45, 2.75) is 111 Å². The molecular weight excluding hydrogens is 2490 g/mol. The molecule has 9 aromatic carbocycles. The van der Waals surface area contributed by atoms with Crippen molar-refractivity contribution in [1.29, 1.82) is 0 Å². The molecule has 5 radical (unpaired) electrons. The molecule has 0 atom stereocenters. The molecule has 0 aliphatic carbocycles. The van der Waals surface area contributed by atoms with Crippen molar-refractivity contribution in [2.24, 2.45) is 10.8 Å². The van der Waals surface area contributed by atoms with Gasteiger partial charge in [-0.25, -0.2) is 5.10 Å². The summed E-state index contributed by atoms with van der Waals surface area (Å²) in [6.07, 6.45) is 18.2. The molecule has 14 rings (SSSR count). The second-order valence-corrected chi connectivity index (χ2v) is 29.0. The van der Waals surface area contributed by atoms with Gasteiger partial charge in [-0.2, -0.15) is 10.2 Å². The first-order valence-electron chi connectivity index (χ1n) is 37.6. The van der Waals surface area contributed by atoms with Crippen LogP contribution in [0.3, 0.4) is 0 Å². The number of carbonyl (C=O) groups is 5. The average Bonchev–Trinajstić information content (AvgIpc) is 0.811. The molecule has 5 N–H and O–H groups in total. The number of ketones is 5. The Bertz CT molecular complexity index is 5570. The summed E-state index contributed by atoms with van der Waals surface area (Å²) in [5.41, 5.74) is 11.7. The van der Waals surface area contributed by atoms with Gasteiger partial charge < -0.3 is 25.5 Å². The van der Waals surface area contributed by atoms with Crippen LogP contribution in [-0.2, 0) is 124 Å². The van der Waals surface area contributed by atoms with Crippen LogP contribution in [0.4, 0.5) is 0 Å². The van der Waals surface area contributed by atoms with Crippen LogP contribution in [0.5, 0.6) is 0 Å². The van der Waals surface area contributed by atoms with Gasteiger partial charge in [0.15, 0.2) is 28.9 Å². The van der Waals surface area contributed by atoms with Gasteiger partial charge in [0.1, 0.15) is 10.9 Å². The number of carbonyl (C=O) groups excluding carboxylic acids is 5. The molecule has 0 aliphatic rings. The van der Waals surface area contributed by atoms with Gasteiger partial charge in [-0.05, 0) is 97.4 Å². The van der Waals surface area contributed by atoms with Gasteiger partial charge in [-0.15, -0.1) is 166 Å². The zero-order valence-corrected chi connectivity index (χ0v) is 84.5. The Hall–Kier alpha value is -11.0. The van der Waals surface area contributed by atoms with E-state index in [1.807, 2.05) is 181 Å². The van der Waals surface area contributed by atoms with Crippen molar-refractivity contribution in [1.82, 2.24) is 50.3 Å². The SMILES string of the molecule is CC(=O)C=C(C)O.CC(=O)C=C(C)O.CC(=O)C=C(C)O.CC(=O)C=C(C)O.CC(C)(C)C(=O)C=C(O)C(C)(C)C.Cc1c[c-]c(-c2nncc3ccc(C)cc23)cc1.Clc1ccc(-c2[c-]cccc2)nn1.[Ir].[Ir].[Ir].[Ir].[Ir].[c-]1c(-c2cnccn2)ccc2ccccc12.[c-]1ccc2ccccc2c1-c1ncccn1.[c-]1ccccc1-c1cnc2ccccc2n1. The van der Waals surface area contributed by atoms with E-state index in [1.165, 1.54) is 108 Å². The molecule has 0 unspecified atom stereocenters. The summed E-state index contributed by atoms with van der Waals surface area (Å²) in [5, 5.41) is 66.3. The van der Waals surface area contributed by atoms with Crippen molar-refractivity contribution in [3.05, 3.63) is 349 Å². The van der Waals surface area contributed by atoms with Gasteiger partial charge in [-0.3, -0.25) is 53.9 Å². The number of rotatable bonds is 10. The first-order valence-corrected chi connectivity index (χ1v) is 38.0. The molecule has 0 saturated heterocycles. The van der Waals surface area contributed by atoms with E-state index >= 15 is 0 Å². The third-order valence-corrected chi connectivity index (χ3v) is 15.7. The number of hydrogen-bond acceptors (Lipinski definition) is 20. The molecule has 0 bridgehead atoms. The summed E-state index contributed by atoms with van der Waals surface area (Å²) < 4.78 is 0. The van der Waals surface area contributed by atoms with Crippen molar-refractivity contribution >= 4 is 83.9 Å². The van der Waals surface area contributed by atoms with Crippen LogP contribution in [0.1, 0.15) is 108 Å². The molecular formula is C99H98ClIr5N10O10-5. The Morgan fingerprint density at radius 2 is 0.912 bits per heavy atom. The topological polar surface area (TPSA) is 315 Å². The number of allylic oxidation sites excluding steroid dienone is 10. The van der Waals surface area contributed by atoms with Crippen molar-refractivity contribution in [3.63, 3.8) is 0 Å². The summed E-state index contributed by atoms with van der Waals surface area (Å²) in [5.74, 6) is 0.576. The second-order valence-electron chi connectivity index (χ2n) is 28.6. The first-order chi connectivity index (χ1) is 57.0. The average molecular weight is 2580 g/mol. The maximum atomic E-state index is 11.5. The van der Waals surface area contributed by atoms with Crippen LogP contribution in [0.15, 0.2) is 303 Å². The first kappa shape index (κ1) is 114. The number of aliphatic hydroxyl groups is 5. The van der Waals surface area contributed by atoms with Gasteiger partial charge in [0, 0.05) is 202 Å². The van der Waals surface area contributed by atoms with Crippen molar-refractivity contribution < 1.29 is 150 Å². The van der Waals surface area contributed by atoms with Crippen molar-refractivity contribution in [3.8, 4) is 56.4 Å². The molecule has 5 heterocycles. The zero-order valence-electron chi connectivity index (χ0n) is 71.8. The van der Waals surface area contributed by atoms with Gasteiger partial charge in [0.2, 0.25) is 0 Å². The zero-order chi connectivity index (χ0) is 88.3. The van der Waals surface area contributed by atoms with E-state index in [0.29, 0.717) is 5.15 Å². The maximum absolute atomic E-state index is 11.5. The minimum Gasteiger partial charge on any atom is -0.512 e. The number of aryl methyl sites for hydroxylation is 2. The maximum Gasteiger partial charge on any atom is 0.164 e. The monoisotopic (exact) mass is 2590 g/mol. The molecule has 5 aromatic heterocycles. The van der Waals surface area contributed by atoms with Crippen molar-refractivity contribution in [2.75, 3.05) is 0 Å². The predicted octanol–water partition coefficient (Wildman–Crippen LogP) is 22.8. The molecule has 0 fully saturated rings. The molecule has 661 valence electrons. The number of benzene rings is 9. The third kappa shape index (κ3) is 44.4. The minimum atomic E-state index is -0.417. The Balaban J connectivity index is 0.00000139. The Morgan fingerprint density at radius 1 is 0.392 bits per heavy atom. The van der Waals surface area contributed by atoms with E-state index in [0.717, 1.165) is 89.0 Å². The summed E-state index contributed by atoms with van der Waals surface area (Å²) in [7, 11) is 0. The second kappa shape index (κ2) is 59.8. The van der Waals surface area contributed by atoms with E-state index in [2.05, 4.69) is 149 Å². The molecule has 0 amide bonds. The van der Waals surface area contributed by atoms with E-state index in [4.69, 9.17) is 32.0 Å². The van der Waals surface area contributed by atoms with E-state index in [9.17, 15) is 29.1 Å². The normalized spacial score (nSPS) is 10.7. The van der Waals surface area contributed by atoms with Crippen LogP contribution < -0.4 is 0 Å². The Kier molecular flexibility index (Phi) is 54.5. The fourth-order valence-corrected chi connectivity index (χ4v) is 10.0. The van der Waals surface area contributed by atoms with Crippen LogP contribution in [-0.4, -0.2) is 105 Å². The fraction of sp³-hybridized carbons (Fsp3) is 0.182. The molecule has 125 heavy (non-hydrogen) atoms. The van der Waals surface area contributed by atoms with Crippen LogP contribution in [0, 0.1) is 55.0 Å². The quantitative estimate of drug-likeness (QED) is 0.0482. The van der Waals surface area contributed by atoms with Gasteiger partial charge >= 0.3 is 0 Å². The number of hydrogen-bond donors (Lipinski definition) is 5. The summed E-state index contributed by atoms with van der Waals surface area (Å²) in [6.45, 7) is 26.6. The van der Waals surface area contributed by atoms with E-state index in [-0.39, 0.29) is 164 Å². The Morgan fingerprint density at radius 3 is 1.41 bits per heavy atom. The standard InChI is InChI=1S/C16H13N2.3C14H9N2.C11H20O2.C10H6ClN2.4C5H8O2.5Ir/c1-11-3-6-13(7-4-11)16-15-9-12(2)5-8-14(15)10-17-18-16;1-2-7-12-11(5-1)6-3-8-13(12)14-15-9-4-10-16-14;1-2-6-11(7-3-1)14-10-15-12-8-4-5-9-13(12)16-14;1-2-4-12-9-13(6-5-11(12)3-1)14-10-15-7-8-16-14;1-10(2,3)8(12)7-9(13)11(4,5)6;11-10-7-6-9(12-13-10)8-4-2-1-3-5-8;4*1-4(6)3-5(2)7;;;;;/h3-6,8-10H,1-2H3;1-7,9-10H;1-6,8-10H;1-8,10H;7,12H,1-6H3;1-4,6-7H;4*3,6H,1-2H3;;;;;/q4*-1;;-1;;;;;;;;;. The summed E-state index contributed by atoms with van der Waals surface area (Å²) in [6, 6.07) is 81.4. The Labute approximate surface area is 804 Å². The number of para-hydroxylation sites is 2. The predicted molar refractivity (Wildman–Crippen MR) is 479 cm³/mol. The number of aromatic nitrogens is 10. The van der Waals surface area contributed by atoms with Crippen LogP contribution >= 0.6 is 11.6 Å². The molecule has 20 nitrogen and oxygen atoms in total. The number of fused-ring (bicyclic) bond motifs is 4. The van der Waals surface area contributed by atoms with Gasteiger partial charge in [-0.1, -0.05) is 166 Å². The van der Waals surface area contributed by atoms with Crippen LogP contribution in [0.2, 0.25) is 5.15 Å². The van der Waals surface area contributed by atoms with Crippen LogP contribution in [0.25, 0.3) is 99.8 Å². The largest absolute Gasteiger partial charge is 0.512 e. The number of nitrogens with zero attached hydrogens (tertiary/aromatic N) is 10. The molecule has 0 saturated carbocycles. The van der Waals surface area contributed by atoms with Gasteiger partial charge in [0.25, 0.3) is 0 Å². The molecule has 14 aromatic rings. The minimum absolute atomic E-state index is 0. The fourth-order valence-electron chi connectivity index (χ4n) is 9.90. The van der Waals surface area contributed by atoms with Gasteiger partial charge in [0.05, 0.1) is 46.1 Å².